The predicted molar refractivity (Wildman–Crippen MR) is 125 cm³/mol. The van der Waals surface area contributed by atoms with E-state index in [-0.39, 0.29) is 13.4 Å². The van der Waals surface area contributed by atoms with Gasteiger partial charge in [-0.25, -0.2) is 4.79 Å². The first-order chi connectivity index (χ1) is 16.6. The minimum absolute atomic E-state index is 0.137. The van der Waals surface area contributed by atoms with Gasteiger partial charge in [-0.2, -0.15) is 0 Å². The number of aliphatic hydroxyl groups is 1. The average molecular weight is 463 g/mol. The maximum absolute atomic E-state index is 12.3. The fourth-order valence-corrected chi connectivity index (χ4v) is 4.77. The molecule has 34 heavy (non-hydrogen) atoms. The Morgan fingerprint density at radius 2 is 1.74 bits per heavy atom. The van der Waals surface area contributed by atoms with Crippen LogP contribution < -0.4 is 15.1 Å². The van der Waals surface area contributed by atoms with Crippen molar-refractivity contribution in [3.05, 3.63) is 52.1 Å². The molecule has 1 N–H and O–H groups in total. The van der Waals surface area contributed by atoms with Crippen LogP contribution in [0.3, 0.4) is 0 Å². The van der Waals surface area contributed by atoms with Gasteiger partial charge < -0.3 is 23.4 Å². The van der Waals surface area contributed by atoms with Crippen LogP contribution in [0.2, 0.25) is 0 Å². The molecule has 0 bridgehead atoms. The van der Waals surface area contributed by atoms with Crippen molar-refractivity contribution in [1.82, 2.24) is 14.8 Å². The van der Waals surface area contributed by atoms with Crippen LogP contribution in [-0.2, 0) is 6.54 Å². The van der Waals surface area contributed by atoms with Gasteiger partial charge in [0.15, 0.2) is 17.1 Å². The number of pyridine rings is 1. The smallest absolute Gasteiger partial charge is 0.336 e. The molecule has 0 atom stereocenters. The van der Waals surface area contributed by atoms with Crippen LogP contribution in [0.1, 0.15) is 11.3 Å². The number of ether oxygens (including phenoxy) is 2. The summed E-state index contributed by atoms with van der Waals surface area (Å²) in [7, 11) is 0. The summed E-state index contributed by atoms with van der Waals surface area (Å²) in [6.45, 7) is 7.44. The first-order valence-corrected chi connectivity index (χ1v) is 11.4. The van der Waals surface area contributed by atoms with E-state index in [0.717, 1.165) is 54.8 Å². The summed E-state index contributed by atoms with van der Waals surface area (Å²) in [5, 5.41) is 10.9. The van der Waals surface area contributed by atoms with Crippen molar-refractivity contribution in [2.24, 2.45) is 0 Å². The minimum Gasteiger partial charge on any atom is -0.454 e. The summed E-state index contributed by atoms with van der Waals surface area (Å²) >= 11 is 0. The van der Waals surface area contributed by atoms with Crippen LogP contribution in [0.15, 0.2) is 44.1 Å². The van der Waals surface area contributed by atoms with E-state index in [1.165, 1.54) is 6.07 Å². The van der Waals surface area contributed by atoms with Gasteiger partial charge in [-0.3, -0.25) is 14.8 Å². The largest absolute Gasteiger partial charge is 0.454 e. The molecule has 0 unspecified atom stereocenters. The first-order valence-electron chi connectivity index (χ1n) is 11.4. The van der Waals surface area contributed by atoms with Crippen molar-refractivity contribution >= 4 is 21.9 Å². The molecular formula is C25H25N3O6. The Morgan fingerprint density at radius 3 is 2.53 bits per heavy atom. The van der Waals surface area contributed by atoms with Crippen molar-refractivity contribution in [3.63, 3.8) is 0 Å². The number of furan rings is 1. The molecule has 1 saturated heterocycles. The summed E-state index contributed by atoms with van der Waals surface area (Å²) in [5.41, 5.74) is 3.19. The lowest BCUT2D eigenvalue weighted by Gasteiger charge is -2.34. The lowest BCUT2D eigenvalue weighted by Crippen LogP contribution is -2.46. The second kappa shape index (κ2) is 8.43. The average Bonchev–Trinajstić information content (AvgIpc) is 3.48. The molecule has 4 aromatic rings. The number of fused-ring (bicyclic) bond motifs is 3. The third-order valence-corrected chi connectivity index (χ3v) is 6.60. The Morgan fingerprint density at radius 1 is 0.971 bits per heavy atom. The van der Waals surface area contributed by atoms with E-state index in [1.54, 1.807) is 6.07 Å². The third kappa shape index (κ3) is 3.71. The highest BCUT2D eigenvalue weighted by atomic mass is 16.7. The zero-order valence-electron chi connectivity index (χ0n) is 18.9. The molecule has 9 nitrogen and oxygen atoms in total. The molecule has 3 aromatic heterocycles. The van der Waals surface area contributed by atoms with E-state index >= 15 is 0 Å². The quantitative estimate of drug-likeness (QED) is 0.448. The number of hydrogen-bond acceptors (Lipinski definition) is 9. The van der Waals surface area contributed by atoms with Crippen molar-refractivity contribution in [2.45, 2.75) is 13.5 Å². The molecule has 0 radical (unpaired) electrons. The van der Waals surface area contributed by atoms with Gasteiger partial charge in [0.1, 0.15) is 11.3 Å². The molecule has 6 rings (SSSR count). The zero-order valence-corrected chi connectivity index (χ0v) is 18.9. The van der Waals surface area contributed by atoms with Crippen LogP contribution in [0.5, 0.6) is 11.5 Å². The van der Waals surface area contributed by atoms with Crippen LogP contribution in [-0.4, -0.2) is 66.0 Å². The van der Waals surface area contributed by atoms with Crippen LogP contribution >= 0.6 is 0 Å². The number of aliphatic hydroxyl groups excluding tert-OH is 1. The molecule has 1 aromatic carbocycles. The van der Waals surface area contributed by atoms with E-state index in [1.807, 2.05) is 25.3 Å². The fraction of sp³-hybridized carbons (Fsp3) is 0.360. The molecule has 2 aliphatic rings. The molecular weight excluding hydrogens is 438 g/mol. The summed E-state index contributed by atoms with van der Waals surface area (Å²) < 4.78 is 22.7. The number of rotatable bonds is 5. The standard InChI is InChI=1S/C25H25N3O6/c1-15-25-17(16(12-26-15)13-28-4-2-27(3-5-28)6-7-29)8-20(34-25)19-10-24(30)33-21-11-23-22(9-18(19)21)31-14-32-23/h8-12,29H,2-7,13-14H2,1H3. The molecule has 0 aliphatic carbocycles. The van der Waals surface area contributed by atoms with E-state index < -0.39 is 5.63 Å². The van der Waals surface area contributed by atoms with Gasteiger partial charge in [-0.1, -0.05) is 0 Å². The number of aryl methyl sites for hydroxylation is 1. The predicted octanol–water partition coefficient (Wildman–Crippen LogP) is 2.75. The number of aromatic nitrogens is 1. The molecule has 2 aliphatic heterocycles. The van der Waals surface area contributed by atoms with Crippen LogP contribution in [0.25, 0.3) is 33.3 Å². The number of benzene rings is 1. The highest BCUT2D eigenvalue weighted by Crippen LogP contribution is 2.40. The normalized spacial score (nSPS) is 16.6. The van der Waals surface area contributed by atoms with Gasteiger partial charge in [0.25, 0.3) is 0 Å². The van der Waals surface area contributed by atoms with Crippen molar-refractivity contribution in [1.29, 1.82) is 0 Å². The second-order valence-electron chi connectivity index (χ2n) is 8.74. The Labute approximate surface area is 195 Å². The maximum atomic E-state index is 12.3. The summed E-state index contributed by atoms with van der Waals surface area (Å²) in [4.78, 5) is 21.6. The van der Waals surface area contributed by atoms with Crippen LogP contribution in [0, 0.1) is 6.92 Å². The first kappa shape index (κ1) is 21.2. The Kier molecular flexibility index (Phi) is 5.24. The summed E-state index contributed by atoms with van der Waals surface area (Å²) in [5.74, 6) is 1.74. The Balaban J connectivity index is 1.39. The number of piperazine rings is 1. The van der Waals surface area contributed by atoms with Gasteiger partial charge in [0.05, 0.1) is 12.3 Å². The lowest BCUT2D eigenvalue weighted by molar-refractivity contribution is 0.108. The van der Waals surface area contributed by atoms with Crippen LogP contribution in [0.4, 0.5) is 0 Å². The topological polar surface area (TPSA) is 101 Å². The third-order valence-electron chi connectivity index (χ3n) is 6.60. The van der Waals surface area contributed by atoms with Gasteiger partial charge in [0, 0.05) is 73.9 Å². The van der Waals surface area contributed by atoms with Crippen molar-refractivity contribution in [2.75, 3.05) is 46.1 Å². The molecule has 0 amide bonds. The van der Waals surface area contributed by atoms with E-state index in [0.29, 0.717) is 40.5 Å². The van der Waals surface area contributed by atoms with E-state index in [2.05, 4.69) is 14.8 Å². The van der Waals surface area contributed by atoms with Gasteiger partial charge >= 0.3 is 5.63 Å². The van der Waals surface area contributed by atoms with E-state index in [4.69, 9.17) is 18.3 Å². The molecule has 0 spiro atoms. The number of nitrogens with zero attached hydrogens (tertiary/aromatic N) is 3. The maximum Gasteiger partial charge on any atom is 0.336 e. The Hall–Kier alpha value is -3.40. The number of β-amino-alcohol motifs (C(OH)–C–C–N with tert-alkyl or cyclic N) is 1. The molecule has 1 fully saturated rings. The van der Waals surface area contributed by atoms with Crippen molar-refractivity contribution < 1.29 is 23.4 Å². The second-order valence-corrected chi connectivity index (χ2v) is 8.74. The van der Waals surface area contributed by atoms with E-state index in [9.17, 15) is 9.90 Å². The number of hydrogen-bond donors (Lipinski definition) is 1. The van der Waals surface area contributed by atoms with Crippen molar-refractivity contribution in [3.8, 4) is 22.8 Å². The summed E-state index contributed by atoms with van der Waals surface area (Å²) in [6, 6.07) is 6.94. The molecule has 5 heterocycles. The van der Waals surface area contributed by atoms with Gasteiger partial charge in [0.2, 0.25) is 6.79 Å². The van der Waals surface area contributed by atoms with Gasteiger partial charge in [-0.15, -0.1) is 0 Å². The monoisotopic (exact) mass is 463 g/mol. The molecule has 176 valence electrons. The Bertz CT molecular complexity index is 1430. The van der Waals surface area contributed by atoms with Gasteiger partial charge in [-0.05, 0) is 24.6 Å². The fourth-order valence-electron chi connectivity index (χ4n) is 4.77. The minimum atomic E-state index is -0.461. The summed E-state index contributed by atoms with van der Waals surface area (Å²) in [6.07, 6.45) is 1.91. The lowest BCUT2D eigenvalue weighted by atomic mass is 10.1. The highest BCUT2D eigenvalue weighted by molar-refractivity contribution is 5.97. The SMILES string of the molecule is Cc1ncc(CN2CCN(CCO)CC2)c2cc(-c3cc(=O)oc4cc5c(cc34)OCO5)oc12. The highest BCUT2D eigenvalue weighted by Gasteiger charge is 2.22. The molecule has 0 saturated carbocycles. The zero-order chi connectivity index (χ0) is 23.2. The molecule has 9 heteroatoms.